The van der Waals surface area contributed by atoms with Gasteiger partial charge in [-0.3, -0.25) is 4.79 Å². The van der Waals surface area contributed by atoms with Gasteiger partial charge in [-0.15, -0.1) is 0 Å². The van der Waals surface area contributed by atoms with E-state index in [1.807, 2.05) is 6.92 Å². The smallest absolute Gasteiger partial charge is 0.365 e. The molecule has 3 rings (SSSR count). The highest BCUT2D eigenvalue weighted by Gasteiger charge is 2.41. The van der Waals surface area contributed by atoms with E-state index in [4.69, 9.17) is 4.74 Å². The van der Waals surface area contributed by atoms with E-state index >= 15 is 0 Å². The number of carbonyl (C=O) groups is 1. The summed E-state index contributed by atoms with van der Waals surface area (Å²) < 4.78 is 59.1. The molecule has 1 amide bonds. The van der Waals surface area contributed by atoms with Crippen molar-refractivity contribution in [3.05, 3.63) is 71.0 Å². The quantitative estimate of drug-likeness (QED) is 0.616. The lowest BCUT2D eigenvalue weighted by molar-refractivity contribution is -0.137. The van der Waals surface area contributed by atoms with Gasteiger partial charge in [-0.2, -0.15) is 13.2 Å². The number of halogens is 4. The Morgan fingerprint density at radius 2 is 1.67 bits per heavy atom. The molecule has 1 heterocycles. The third-order valence-electron chi connectivity index (χ3n) is 5.38. The van der Waals surface area contributed by atoms with Crippen molar-refractivity contribution in [1.82, 2.24) is 5.32 Å². The lowest BCUT2D eigenvalue weighted by Gasteiger charge is -2.43. The summed E-state index contributed by atoms with van der Waals surface area (Å²) in [6, 6.07) is 10.9. The Balaban J connectivity index is 1.96. The molecule has 0 saturated carbocycles. The summed E-state index contributed by atoms with van der Waals surface area (Å²) in [5.41, 5.74) is -0.349. The van der Waals surface area contributed by atoms with Gasteiger partial charge in [0.15, 0.2) is 0 Å². The zero-order chi connectivity index (χ0) is 22.1. The van der Waals surface area contributed by atoms with Crippen LogP contribution in [0.4, 0.5) is 17.6 Å². The molecule has 0 unspecified atom stereocenters. The van der Waals surface area contributed by atoms with Gasteiger partial charge in [0.1, 0.15) is 5.82 Å². The van der Waals surface area contributed by atoms with Crippen molar-refractivity contribution in [2.45, 2.75) is 57.5 Å². The topological polar surface area (TPSA) is 38.3 Å². The molecule has 1 aliphatic rings. The molecule has 30 heavy (non-hydrogen) atoms. The van der Waals surface area contributed by atoms with Crippen LogP contribution in [0, 0.1) is 11.7 Å². The molecule has 1 aliphatic heterocycles. The van der Waals surface area contributed by atoms with Crippen LogP contribution in [0.3, 0.4) is 0 Å². The van der Waals surface area contributed by atoms with Crippen LogP contribution in [0.5, 0.6) is 0 Å². The first-order valence-electron chi connectivity index (χ1n) is 9.87. The van der Waals surface area contributed by atoms with E-state index in [9.17, 15) is 22.4 Å². The first-order valence-corrected chi connectivity index (χ1v) is 9.87. The molecule has 3 nitrogen and oxygen atoms in total. The molecule has 1 saturated heterocycles. The number of hydrogen-bond donors (Lipinski definition) is 1. The van der Waals surface area contributed by atoms with Gasteiger partial charge < -0.3 is 10.1 Å². The van der Waals surface area contributed by atoms with Crippen molar-refractivity contribution >= 4 is 5.91 Å². The van der Waals surface area contributed by atoms with Gasteiger partial charge in [-0.05, 0) is 42.3 Å². The number of amides is 1. The summed E-state index contributed by atoms with van der Waals surface area (Å²) in [7, 11) is 0. The molecule has 3 atom stereocenters. The minimum atomic E-state index is -4.46. The van der Waals surface area contributed by atoms with Crippen molar-refractivity contribution in [1.29, 1.82) is 0 Å². The highest BCUT2D eigenvalue weighted by atomic mass is 19.4. The summed E-state index contributed by atoms with van der Waals surface area (Å²) in [4.78, 5) is 12.4. The molecule has 7 heteroatoms. The minimum absolute atomic E-state index is 0.139. The second-order valence-corrected chi connectivity index (χ2v) is 8.40. The van der Waals surface area contributed by atoms with Crippen LogP contribution >= 0.6 is 0 Å². The lowest BCUT2D eigenvalue weighted by atomic mass is 9.81. The zero-order valence-corrected chi connectivity index (χ0v) is 17.1. The maximum Gasteiger partial charge on any atom is 0.416 e. The molecule has 1 fully saturated rings. The van der Waals surface area contributed by atoms with Gasteiger partial charge in [-0.25, -0.2) is 4.39 Å². The average Bonchev–Trinajstić information content (AvgIpc) is 2.67. The molecule has 0 aliphatic carbocycles. The summed E-state index contributed by atoms with van der Waals surface area (Å²) in [6.07, 6.45) is -4.88. The predicted octanol–water partition coefficient (Wildman–Crippen LogP) is 5.97. The van der Waals surface area contributed by atoms with Gasteiger partial charge in [0.05, 0.1) is 17.8 Å². The lowest BCUT2D eigenvalue weighted by Crippen LogP contribution is -2.52. The number of alkyl halides is 3. The molecular weight excluding hydrogens is 398 g/mol. The number of rotatable bonds is 4. The van der Waals surface area contributed by atoms with Crippen molar-refractivity contribution in [3.8, 4) is 0 Å². The van der Waals surface area contributed by atoms with Gasteiger partial charge in [-0.1, -0.05) is 38.1 Å². The van der Waals surface area contributed by atoms with Crippen LogP contribution in [0.1, 0.15) is 62.5 Å². The Hall–Kier alpha value is -2.41. The summed E-state index contributed by atoms with van der Waals surface area (Å²) in [5, 5.41) is 3.04. The molecule has 0 aromatic heterocycles. The van der Waals surface area contributed by atoms with Crippen molar-refractivity contribution in [2.24, 2.45) is 5.92 Å². The Morgan fingerprint density at radius 3 is 2.23 bits per heavy atom. The predicted molar refractivity (Wildman–Crippen MR) is 105 cm³/mol. The van der Waals surface area contributed by atoms with E-state index in [2.05, 4.69) is 5.32 Å². The fraction of sp³-hybridized carbons (Fsp3) is 0.435. The van der Waals surface area contributed by atoms with Gasteiger partial charge >= 0.3 is 6.18 Å². The number of benzene rings is 2. The Kier molecular flexibility index (Phi) is 6.22. The number of hydrogen-bond acceptors (Lipinski definition) is 2. The molecule has 1 N–H and O–H groups in total. The second-order valence-electron chi connectivity index (χ2n) is 8.40. The van der Waals surface area contributed by atoms with Crippen LogP contribution < -0.4 is 5.32 Å². The second kappa shape index (κ2) is 8.38. The zero-order valence-electron chi connectivity index (χ0n) is 17.1. The molecule has 0 spiro atoms. The van der Waals surface area contributed by atoms with E-state index in [0.29, 0.717) is 24.0 Å². The van der Waals surface area contributed by atoms with Gasteiger partial charge in [0.2, 0.25) is 5.91 Å². The Morgan fingerprint density at radius 1 is 1.07 bits per heavy atom. The summed E-state index contributed by atoms with van der Waals surface area (Å²) in [5.74, 6) is -0.763. The van der Waals surface area contributed by atoms with Crippen LogP contribution in [-0.2, 0) is 15.7 Å². The highest BCUT2D eigenvalue weighted by Crippen LogP contribution is 2.44. The number of nitrogens with one attached hydrogen (secondary N) is 1. The molecule has 0 bridgehead atoms. The SMILES string of the molecule is CC(C)C(=O)N[C@@]1(C)C[C@@H](c2ccc(F)cc2)O[C@@H](c2cccc(C(F)(F)F)c2)C1. The maximum atomic E-state index is 13.4. The number of ether oxygens (including phenoxy) is 1. The first-order chi connectivity index (χ1) is 14.0. The summed E-state index contributed by atoms with van der Waals surface area (Å²) in [6.45, 7) is 5.42. The Bertz CT molecular complexity index is 895. The van der Waals surface area contributed by atoms with Crippen molar-refractivity contribution in [2.75, 3.05) is 0 Å². The normalized spacial score (nSPS) is 24.7. The number of carbonyl (C=O) groups excluding carboxylic acids is 1. The molecule has 0 radical (unpaired) electrons. The van der Waals surface area contributed by atoms with Crippen LogP contribution in [0.2, 0.25) is 0 Å². The maximum absolute atomic E-state index is 13.4. The highest BCUT2D eigenvalue weighted by molar-refractivity contribution is 5.78. The van der Waals surface area contributed by atoms with Crippen molar-refractivity contribution < 1.29 is 27.1 Å². The third-order valence-corrected chi connectivity index (χ3v) is 5.38. The largest absolute Gasteiger partial charge is 0.416 e. The van der Waals surface area contributed by atoms with E-state index in [-0.39, 0.29) is 17.6 Å². The third kappa shape index (κ3) is 5.19. The molecule has 2 aromatic rings. The molecule has 2 aromatic carbocycles. The molecular formula is C23H25F4NO2. The Labute approximate surface area is 173 Å². The van der Waals surface area contributed by atoms with Gasteiger partial charge in [0.25, 0.3) is 0 Å². The average molecular weight is 423 g/mol. The van der Waals surface area contributed by atoms with E-state index in [1.165, 1.54) is 18.2 Å². The fourth-order valence-electron chi connectivity index (χ4n) is 3.73. The monoisotopic (exact) mass is 423 g/mol. The first kappa shape index (κ1) is 22.3. The van der Waals surface area contributed by atoms with E-state index < -0.39 is 29.5 Å². The van der Waals surface area contributed by atoms with Gasteiger partial charge in [0, 0.05) is 24.3 Å². The van der Waals surface area contributed by atoms with Crippen LogP contribution in [0.15, 0.2) is 48.5 Å². The van der Waals surface area contributed by atoms with Crippen LogP contribution in [-0.4, -0.2) is 11.4 Å². The van der Waals surface area contributed by atoms with Crippen LogP contribution in [0.25, 0.3) is 0 Å². The summed E-state index contributed by atoms with van der Waals surface area (Å²) >= 11 is 0. The van der Waals surface area contributed by atoms with E-state index in [1.54, 1.807) is 32.0 Å². The molecule has 162 valence electrons. The minimum Gasteiger partial charge on any atom is -0.365 e. The van der Waals surface area contributed by atoms with Crippen molar-refractivity contribution in [3.63, 3.8) is 0 Å². The fourth-order valence-corrected chi connectivity index (χ4v) is 3.73. The van der Waals surface area contributed by atoms with E-state index in [0.717, 1.165) is 12.1 Å². The standard InChI is InChI=1S/C23H25F4NO2/c1-14(2)21(29)28-22(3)12-19(15-7-9-18(24)10-8-15)30-20(13-22)16-5-4-6-17(11-16)23(25,26)27/h4-11,14,19-20H,12-13H2,1-3H3,(H,28,29)/t19-,20+,22-/m0/s1.